The molecule has 6 heteroatoms. The summed E-state index contributed by atoms with van der Waals surface area (Å²) < 4.78 is 7.32. The Morgan fingerprint density at radius 3 is 3.11 bits per heavy atom. The first-order valence-corrected chi connectivity index (χ1v) is 7.32. The van der Waals surface area contributed by atoms with Crippen LogP contribution in [0.2, 0.25) is 0 Å². The molecule has 0 spiro atoms. The quantitative estimate of drug-likeness (QED) is 0.799. The maximum atomic E-state index is 6.22. The molecule has 18 heavy (non-hydrogen) atoms. The molecule has 4 nitrogen and oxygen atoms in total. The zero-order valence-corrected chi connectivity index (χ0v) is 11.5. The minimum atomic E-state index is -0.0652. The lowest BCUT2D eigenvalue weighted by molar-refractivity contribution is 0.408. The molecule has 3 aromatic rings. The molecular weight excluding hydrogens is 266 g/mol. The summed E-state index contributed by atoms with van der Waals surface area (Å²) in [7, 11) is 1.67. The van der Waals surface area contributed by atoms with Crippen molar-refractivity contribution in [3.8, 4) is 5.75 Å². The average Bonchev–Trinajstić information content (AvgIpc) is 3.02. The van der Waals surface area contributed by atoms with Crippen LogP contribution in [0.15, 0.2) is 29.2 Å². The summed E-state index contributed by atoms with van der Waals surface area (Å²) in [5.74, 6) is 0.869. The van der Waals surface area contributed by atoms with Crippen LogP contribution in [-0.2, 0) is 6.42 Å². The highest BCUT2D eigenvalue weighted by Crippen LogP contribution is 2.31. The van der Waals surface area contributed by atoms with Crippen LogP contribution in [0.4, 0.5) is 0 Å². The highest BCUT2D eigenvalue weighted by atomic mass is 32.1. The van der Waals surface area contributed by atoms with Crippen molar-refractivity contribution in [1.82, 2.24) is 9.38 Å². The van der Waals surface area contributed by atoms with Crippen molar-refractivity contribution < 1.29 is 4.74 Å². The van der Waals surface area contributed by atoms with Gasteiger partial charge in [0.2, 0.25) is 0 Å². The molecule has 0 amide bonds. The number of nitrogens with zero attached hydrogens (tertiary/aromatic N) is 2. The summed E-state index contributed by atoms with van der Waals surface area (Å²) >= 11 is 3.26. The van der Waals surface area contributed by atoms with E-state index in [0.29, 0.717) is 0 Å². The van der Waals surface area contributed by atoms with E-state index in [9.17, 15) is 0 Å². The number of hydrogen-bond acceptors (Lipinski definition) is 5. The van der Waals surface area contributed by atoms with Crippen LogP contribution in [0.25, 0.3) is 4.96 Å². The lowest BCUT2D eigenvalue weighted by Crippen LogP contribution is -2.12. The van der Waals surface area contributed by atoms with E-state index < -0.39 is 0 Å². The summed E-state index contributed by atoms with van der Waals surface area (Å²) in [6.07, 6.45) is 4.77. The summed E-state index contributed by atoms with van der Waals surface area (Å²) in [6, 6.07) is 1.88. The number of aromatic nitrogens is 2. The van der Waals surface area contributed by atoms with Crippen LogP contribution in [0.5, 0.6) is 5.75 Å². The fourth-order valence-corrected chi connectivity index (χ4v) is 3.52. The fourth-order valence-electron chi connectivity index (χ4n) is 1.94. The maximum absolute atomic E-state index is 6.22. The lowest BCUT2D eigenvalue weighted by atomic mass is 10.1. The second kappa shape index (κ2) is 4.72. The molecule has 0 saturated carbocycles. The van der Waals surface area contributed by atoms with Crippen LogP contribution in [0.3, 0.4) is 0 Å². The van der Waals surface area contributed by atoms with Gasteiger partial charge in [0, 0.05) is 30.2 Å². The number of hydrogen-bond donors (Lipinski definition) is 1. The Morgan fingerprint density at radius 1 is 1.44 bits per heavy atom. The molecule has 2 N–H and O–H groups in total. The second-order valence-corrected chi connectivity index (χ2v) is 5.81. The third-order valence-corrected chi connectivity index (χ3v) is 4.59. The van der Waals surface area contributed by atoms with Crippen molar-refractivity contribution in [1.29, 1.82) is 0 Å². The summed E-state index contributed by atoms with van der Waals surface area (Å²) in [6.45, 7) is 0. The van der Waals surface area contributed by atoms with Gasteiger partial charge in [-0.25, -0.2) is 4.98 Å². The Balaban J connectivity index is 1.82. The predicted octanol–water partition coefficient (Wildman–Crippen LogP) is 2.71. The molecule has 0 saturated heterocycles. The summed E-state index contributed by atoms with van der Waals surface area (Å²) in [5, 5.41) is 4.02. The van der Waals surface area contributed by atoms with Crippen LogP contribution < -0.4 is 10.5 Å². The summed E-state index contributed by atoms with van der Waals surface area (Å²) in [4.78, 5) is 6.63. The third-order valence-electron chi connectivity index (χ3n) is 2.79. The van der Waals surface area contributed by atoms with Crippen molar-refractivity contribution >= 4 is 27.6 Å². The molecular formula is C12H13N3OS2. The average molecular weight is 279 g/mol. The first-order valence-electron chi connectivity index (χ1n) is 5.56. The highest BCUT2D eigenvalue weighted by Gasteiger charge is 2.15. The van der Waals surface area contributed by atoms with Crippen LogP contribution in [-0.4, -0.2) is 16.5 Å². The first kappa shape index (κ1) is 11.7. The number of fused-ring (bicyclic) bond motifs is 1. The molecule has 3 aromatic heterocycles. The Bertz CT molecular complexity index is 626. The normalized spacial score (nSPS) is 13.0. The van der Waals surface area contributed by atoms with Gasteiger partial charge in [-0.1, -0.05) is 0 Å². The van der Waals surface area contributed by atoms with Gasteiger partial charge in [-0.05, 0) is 11.4 Å². The number of nitrogens with two attached hydrogens (primary N) is 1. The van der Waals surface area contributed by atoms with Gasteiger partial charge in [0.05, 0.1) is 17.7 Å². The molecule has 0 aliphatic carbocycles. The Labute approximate surface area is 113 Å². The zero-order valence-electron chi connectivity index (χ0n) is 9.87. The number of thiophene rings is 1. The van der Waals surface area contributed by atoms with Crippen LogP contribution in [0.1, 0.15) is 16.6 Å². The molecule has 0 bridgehead atoms. The van der Waals surface area contributed by atoms with Gasteiger partial charge in [-0.15, -0.1) is 22.7 Å². The smallest absolute Gasteiger partial charge is 0.193 e. The lowest BCUT2D eigenvalue weighted by Gasteiger charge is -2.09. The Morgan fingerprint density at radius 2 is 2.33 bits per heavy atom. The predicted molar refractivity (Wildman–Crippen MR) is 74.6 cm³/mol. The standard InChI is InChI=1S/C12H13N3OS2/c1-16-10-2-4-17-11(10)9(13)6-8-7-15-3-5-18-12(15)14-8/h2-5,7,9H,6,13H2,1H3. The molecule has 0 radical (unpaired) electrons. The largest absolute Gasteiger partial charge is 0.496 e. The van der Waals surface area contributed by atoms with Crippen molar-refractivity contribution in [2.24, 2.45) is 5.73 Å². The second-order valence-electron chi connectivity index (χ2n) is 3.99. The SMILES string of the molecule is COc1ccsc1C(N)Cc1cn2ccsc2n1. The topological polar surface area (TPSA) is 52.5 Å². The van der Waals surface area contributed by atoms with Gasteiger partial charge < -0.3 is 10.5 Å². The Hall–Kier alpha value is -1.37. The number of methoxy groups -OCH3 is 1. The van der Waals surface area contributed by atoms with E-state index in [0.717, 1.165) is 27.7 Å². The van der Waals surface area contributed by atoms with E-state index in [-0.39, 0.29) is 6.04 Å². The van der Waals surface area contributed by atoms with Crippen LogP contribution in [0, 0.1) is 0 Å². The van der Waals surface area contributed by atoms with Gasteiger partial charge in [0.25, 0.3) is 0 Å². The highest BCUT2D eigenvalue weighted by molar-refractivity contribution is 7.15. The Kier molecular flexibility index (Phi) is 3.07. The van der Waals surface area contributed by atoms with Gasteiger partial charge in [-0.2, -0.15) is 0 Å². The molecule has 0 fully saturated rings. The van der Waals surface area contributed by atoms with Crippen molar-refractivity contribution in [3.05, 3.63) is 39.8 Å². The van der Waals surface area contributed by atoms with Gasteiger partial charge in [0.1, 0.15) is 5.75 Å². The third kappa shape index (κ3) is 2.03. The van der Waals surface area contributed by atoms with Crippen LogP contribution >= 0.6 is 22.7 Å². The molecule has 1 atom stereocenters. The number of ether oxygens (including phenoxy) is 1. The molecule has 94 valence electrons. The molecule has 3 heterocycles. The van der Waals surface area contributed by atoms with Gasteiger partial charge in [0.15, 0.2) is 4.96 Å². The minimum absolute atomic E-state index is 0.0652. The molecule has 0 aliphatic heterocycles. The maximum Gasteiger partial charge on any atom is 0.193 e. The fraction of sp³-hybridized carbons (Fsp3) is 0.250. The van der Waals surface area contributed by atoms with E-state index in [1.165, 1.54) is 0 Å². The number of imidazole rings is 1. The summed E-state index contributed by atoms with van der Waals surface area (Å²) in [5.41, 5.74) is 7.24. The van der Waals surface area contributed by atoms with Gasteiger partial charge in [-0.3, -0.25) is 4.40 Å². The van der Waals surface area contributed by atoms with E-state index in [1.54, 1.807) is 29.8 Å². The monoisotopic (exact) mass is 279 g/mol. The minimum Gasteiger partial charge on any atom is -0.496 e. The van der Waals surface area contributed by atoms with Gasteiger partial charge >= 0.3 is 0 Å². The van der Waals surface area contributed by atoms with Crippen molar-refractivity contribution in [2.75, 3.05) is 7.11 Å². The first-order chi connectivity index (χ1) is 8.78. The van der Waals surface area contributed by atoms with E-state index in [2.05, 4.69) is 4.98 Å². The van der Waals surface area contributed by atoms with Crippen molar-refractivity contribution in [2.45, 2.75) is 12.5 Å². The van der Waals surface area contributed by atoms with E-state index in [4.69, 9.17) is 10.5 Å². The zero-order chi connectivity index (χ0) is 12.5. The number of thiazole rings is 1. The van der Waals surface area contributed by atoms with Crippen molar-refractivity contribution in [3.63, 3.8) is 0 Å². The molecule has 0 aromatic carbocycles. The van der Waals surface area contributed by atoms with E-state index >= 15 is 0 Å². The number of rotatable bonds is 4. The molecule has 1 unspecified atom stereocenters. The molecule has 3 rings (SSSR count). The molecule has 0 aliphatic rings. The van der Waals surface area contributed by atoms with E-state index in [1.807, 2.05) is 33.6 Å².